The lowest BCUT2D eigenvalue weighted by molar-refractivity contribution is 0.103. The molecule has 0 saturated heterocycles. The van der Waals surface area contributed by atoms with Crippen molar-refractivity contribution in [2.75, 3.05) is 5.73 Å². The summed E-state index contributed by atoms with van der Waals surface area (Å²) >= 11 is 11.6. The van der Waals surface area contributed by atoms with Gasteiger partial charge in [-0.1, -0.05) is 11.6 Å². The molecule has 2 aromatic carbocycles. The fraction of sp³-hybridized carbons (Fsp3) is 0.0667. The third kappa shape index (κ3) is 2.74. The Labute approximate surface area is 158 Å². The second-order valence-corrected chi connectivity index (χ2v) is 7.14. The first-order valence-corrected chi connectivity index (χ1v) is 8.66. The number of aromatic nitrogens is 2. The molecule has 0 spiro atoms. The molecule has 4 nitrogen and oxygen atoms in total. The zero-order chi connectivity index (χ0) is 16.9. The standard InChI is InChI=1S/C15H9BrClFIN3O/c1-22-15(19)8-5-10(20)11(12(16)13(8)21-22)14(23)7-4-6(18)2-3-9(7)17/h2-5H,20H2,1H3. The first kappa shape index (κ1) is 16.7. The molecule has 2 N–H and O–H groups in total. The van der Waals surface area contributed by atoms with Gasteiger partial charge < -0.3 is 5.73 Å². The molecule has 8 heteroatoms. The van der Waals surface area contributed by atoms with Gasteiger partial charge in [0.1, 0.15) is 15.0 Å². The van der Waals surface area contributed by atoms with E-state index in [4.69, 9.17) is 17.3 Å². The van der Waals surface area contributed by atoms with Gasteiger partial charge in [-0.05, 0) is 62.8 Å². The van der Waals surface area contributed by atoms with E-state index in [1.54, 1.807) is 17.8 Å². The Kier molecular flexibility index (Phi) is 4.37. The number of benzene rings is 2. The monoisotopic (exact) mass is 507 g/mol. The van der Waals surface area contributed by atoms with Gasteiger partial charge in [0.15, 0.2) is 5.78 Å². The van der Waals surface area contributed by atoms with Crippen LogP contribution in [0.5, 0.6) is 0 Å². The zero-order valence-corrected chi connectivity index (χ0v) is 16.2. The lowest BCUT2D eigenvalue weighted by Gasteiger charge is -2.10. The van der Waals surface area contributed by atoms with E-state index in [2.05, 4.69) is 43.6 Å². The number of ketones is 1. The molecule has 0 saturated carbocycles. The highest BCUT2D eigenvalue weighted by Crippen LogP contribution is 2.36. The summed E-state index contributed by atoms with van der Waals surface area (Å²) < 4.78 is 16.5. The Morgan fingerprint density at radius 2 is 2.13 bits per heavy atom. The minimum Gasteiger partial charge on any atom is -0.398 e. The predicted molar refractivity (Wildman–Crippen MR) is 100 cm³/mol. The van der Waals surface area contributed by atoms with Gasteiger partial charge in [-0.15, -0.1) is 0 Å². The normalized spacial score (nSPS) is 11.2. The smallest absolute Gasteiger partial charge is 0.197 e. The fourth-order valence-electron chi connectivity index (χ4n) is 2.32. The zero-order valence-electron chi connectivity index (χ0n) is 11.7. The van der Waals surface area contributed by atoms with Gasteiger partial charge in [0.05, 0.1) is 15.1 Å². The van der Waals surface area contributed by atoms with Crippen molar-refractivity contribution in [3.05, 3.63) is 54.4 Å². The highest BCUT2D eigenvalue weighted by molar-refractivity contribution is 14.1. The minimum atomic E-state index is -0.541. The first-order chi connectivity index (χ1) is 10.8. The van der Waals surface area contributed by atoms with E-state index < -0.39 is 11.6 Å². The lowest BCUT2D eigenvalue weighted by Crippen LogP contribution is -2.08. The molecule has 0 amide bonds. The molecule has 0 aliphatic rings. The number of carbonyl (C=O) groups excluding carboxylic acids is 1. The van der Waals surface area contributed by atoms with E-state index >= 15 is 0 Å². The summed E-state index contributed by atoms with van der Waals surface area (Å²) in [5.74, 6) is -0.998. The van der Waals surface area contributed by atoms with Crippen LogP contribution in [0.25, 0.3) is 10.9 Å². The number of rotatable bonds is 2. The number of hydrogen-bond acceptors (Lipinski definition) is 3. The fourth-order valence-corrected chi connectivity index (χ4v) is 3.74. The van der Waals surface area contributed by atoms with Crippen LogP contribution in [0.3, 0.4) is 0 Å². The van der Waals surface area contributed by atoms with Crippen LogP contribution in [-0.4, -0.2) is 15.6 Å². The maximum atomic E-state index is 13.5. The summed E-state index contributed by atoms with van der Waals surface area (Å²) in [7, 11) is 1.80. The number of aryl methyl sites for hydroxylation is 1. The van der Waals surface area contributed by atoms with Gasteiger partial charge in [0.2, 0.25) is 0 Å². The Bertz CT molecular complexity index is 973. The SMILES string of the molecule is Cn1nc2c(Br)c(C(=O)c3cc(F)ccc3Cl)c(N)cc2c1I. The number of nitrogens with zero attached hydrogens (tertiary/aromatic N) is 2. The summed E-state index contributed by atoms with van der Waals surface area (Å²) in [6.45, 7) is 0. The molecule has 0 aliphatic carbocycles. The molecular formula is C15H9BrClFIN3O. The average Bonchev–Trinajstić information content (AvgIpc) is 2.78. The van der Waals surface area contributed by atoms with Crippen molar-refractivity contribution in [3.63, 3.8) is 0 Å². The van der Waals surface area contributed by atoms with Gasteiger partial charge in [-0.25, -0.2) is 4.39 Å². The summed E-state index contributed by atoms with van der Waals surface area (Å²) in [5.41, 5.74) is 7.24. The molecule has 1 aromatic heterocycles. The Morgan fingerprint density at radius 3 is 2.83 bits per heavy atom. The summed E-state index contributed by atoms with van der Waals surface area (Å²) in [4.78, 5) is 12.8. The Balaban J connectivity index is 2.27. The summed E-state index contributed by atoms with van der Waals surface area (Å²) in [6.07, 6.45) is 0. The van der Waals surface area contributed by atoms with E-state index in [0.717, 1.165) is 15.2 Å². The van der Waals surface area contributed by atoms with Gasteiger partial charge in [0, 0.05) is 23.7 Å². The van der Waals surface area contributed by atoms with Crippen LogP contribution in [0.1, 0.15) is 15.9 Å². The molecule has 0 radical (unpaired) electrons. The third-order valence-corrected chi connectivity index (χ3v) is 5.81. The van der Waals surface area contributed by atoms with E-state index in [1.807, 2.05) is 0 Å². The molecule has 0 atom stereocenters. The van der Waals surface area contributed by atoms with Crippen molar-refractivity contribution in [3.8, 4) is 0 Å². The average molecular weight is 509 g/mol. The van der Waals surface area contributed by atoms with Crippen LogP contribution in [0.2, 0.25) is 5.02 Å². The van der Waals surface area contributed by atoms with Crippen LogP contribution in [0.4, 0.5) is 10.1 Å². The highest BCUT2D eigenvalue weighted by Gasteiger charge is 2.23. The van der Waals surface area contributed by atoms with Crippen molar-refractivity contribution in [1.82, 2.24) is 9.78 Å². The summed E-state index contributed by atoms with van der Waals surface area (Å²) in [5, 5.41) is 5.38. The molecular weight excluding hydrogens is 499 g/mol. The molecule has 0 aliphatic heterocycles. The quantitative estimate of drug-likeness (QED) is 0.314. The summed E-state index contributed by atoms with van der Waals surface area (Å²) in [6, 6.07) is 5.33. The topological polar surface area (TPSA) is 60.9 Å². The van der Waals surface area contributed by atoms with Gasteiger partial charge in [0.25, 0.3) is 0 Å². The van der Waals surface area contributed by atoms with Crippen molar-refractivity contribution in [2.45, 2.75) is 0 Å². The number of anilines is 1. The molecule has 0 fully saturated rings. The predicted octanol–water partition coefficient (Wildman–Crippen LogP) is 4.55. The first-order valence-electron chi connectivity index (χ1n) is 6.41. The maximum absolute atomic E-state index is 13.5. The van der Waals surface area contributed by atoms with Crippen molar-refractivity contribution in [1.29, 1.82) is 0 Å². The molecule has 0 unspecified atom stereocenters. The highest BCUT2D eigenvalue weighted by atomic mass is 127. The largest absolute Gasteiger partial charge is 0.398 e. The third-order valence-electron chi connectivity index (χ3n) is 3.43. The Hall–Kier alpha value is -1.19. The van der Waals surface area contributed by atoms with Crippen LogP contribution in [0, 0.1) is 9.52 Å². The van der Waals surface area contributed by atoms with E-state index in [9.17, 15) is 9.18 Å². The number of fused-ring (bicyclic) bond motifs is 1. The van der Waals surface area contributed by atoms with E-state index in [-0.39, 0.29) is 21.8 Å². The van der Waals surface area contributed by atoms with Gasteiger partial charge in [-0.2, -0.15) is 5.10 Å². The van der Waals surface area contributed by atoms with Crippen molar-refractivity contribution in [2.24, 2.45) is 7.05 Å². The number of halogens is 4. The van der Waals surface area contributed by atoms with Crippen molar-refractivity contribution >= 4 is 72.5 Å². The Morgan fingerprint density at radius 1 is 1.43 bits per heavy atom. The number of carbonyl (C=O) groups is 1. The van der Waals surface area contributed by atoms with Gasteiger partial charge >= 0.3 is 0 Å². The van der Waals surface area contributed by atoms with E-state index in [1.165, 1.54) is 12.1 Å². The molecule has 0 bridgehead atoms. The molecule has 3 aromatic rings. The number of nitrogen functional groups attached to an aromatic ring is 1. The number of hydrogen-bond donors (Lipinski definition) is 1. The number of nitrogens with two attached hydrogens (primary N) is 1. The maximum Gasteiger partial charge on any atom is 0.197 e. The lowest BCUT2D eigenvalue weighted by atomic mass is 10.0. The minimum absolute atomic E-state index is 0.0593. The second kappa shape index (κ2) is 6.03. The van der Waals surface area contributed by atoms with Crippen LogP contribution in [0.15, 0.2) is 28.7 Å². The van der Waals surface area contributed by atoms with E-state index in [0.29, 0.717) is 9.99 Å². The molecule has 23 heavy (non-hydrogen) atoms. The molecule has 1 heterocycles. The second-order valence-electron chi connectivity index (χ2n) is 4.92. The van der Waals surface area contributed by atoms with Gasteiger partial charge in [-0.3, -0.25) is 9.48 Å². The van der Waals surface area contributed by atoms with Crippen LogP contribution >= 0.6 is 50.1 Å². The van der Waals surface area contributed by atoms with Crippen molar-refractivity contribution < 1.29 is 9.18 Å². The van der Waals surface area contributed by atoms with Crippen LogP contribution < -0.4 is 5.73 Å². The van der Waals surface area contributed by atoms with Crippen LogP contribution in [-0.2, 0) is 7.05 Å². The molecule has 118 valence electrons. The molecule has 3 rings (SSSR count).